The largest absolute Gasteiger partial charge is 0.399 e. The molecular weight excluding hydrogens is 235 g/mol. The molecular formula is C8H11FN4O2S. The van der Waals surface area contributed by atoms with Gasteiger partial charge in [0.1, 0.15) is 5.82 Å². The average molecular weight is 246 g/mol. The lowest BCUT2D eigenvalue weighted by molar-refractivity contribution is 0.588. The first-order valence-electron chi connectivity index (χ1n) is 4.15. The van der Waals surface area contributed by atoms with Gasteiger partial charge in [0.15, 0.2) is 0 Å². The molecule has 0 aromatic heterocycles. The monoisotopic (exact) mass is 246 g/mol. The van der Waals surface area contributed by atoms with Gasteiger partial charge in [-0.25, -0.2) is 4.39 Å². The van der Waals surface area contributed by atoms with Crippen molar-refractivity contribution in [2.45, 2.75) is 11.8 Å². The van der Waals surface area contributed by atoms with E-state index in [1.54, 1.807) is 0 Å². The highest BCUT2D eigenvalue weighted by atomic mass is 32.2. The van der Waals surface area contributed by atoms with Gasteiger partial charge in [0.2, 0.25) is 5.96 Å². The Bertz CT molecular complexity index is 549. The summed E-state index contributed by atoms with van der Waals surface area (Å²) < 4.78 is 39.5. The Balaban J connectivity index is 3.51. The van der Waals surface area contributed by atoms with Crippen LogP contribution in [0.25, 0.3) is 0 Å². The summed E-state index contributed by atoms with van der Waals surface area (Å²) in [4.78, 5) is -0.349. The predicted molar refractivity (Wildman–Crippen MR) is 58.5 cm³/mol. The van der Waals surface area contributed by atoms with Crippen molar-refractivity contribution in [1.82, 2.24) is 0 Å². The van der Waals surface area contributed by atoms with Gasteiger partial charge >= 0.3 is 0 Å². The van der Waals surface area contributed by atoms with E-state index in [1.165, 1.54) is 6.92 Å². The molecule has 0 atom stereocenters. The lowest BCUT2D eigenvalue weighted by Crippen LogP contribution is -2.24. The van der Waals surface area contributed by atoms with Gasteiger partial charge < -0.3 is 17.2 Å². The molecule has 0 aliphatic carbocycles. The van der Waals surface area contributed by atoms with Gasteiger partial charge in [-0.1, -0.05) is 0 Å². The first-order valence-corrected chi connectivity index (χ1v) is 5.59. The first-order chi connectivity index (χ1) is 7.24. The number of halogens is 1. The van der Waals surface area contributed by atoms with Crippen molar-refractivity contribution in [2.24, 2.45) is 15.9 Å². The van der Waals surface area contributed by atoms with Crippen LogP contribution in [-0.4, -0.2) is 14.4 Å². The number of anilines is 1. The van der Waals surface area contributed by atoms with Gasteiger partial charge in [0.25, 0.3) is 10.0 Å². The Kier molecular flexibility index (Phi) is 3.04. The number of benzene rings is 1. The highest BCUT2D eigenvalue weighted by molar-refractivity contribution is 7.90. The fourth-order valence-corrected chi connectivity index (χ4v) is 2.27. The van der Waals surface area contributed by atoms with Crippen LogP contribution in [0, 0.1) is 12.7 Å². The van der Waals surface area contributed by atoms with Crippen molar-refractivity contribution in [3.8, 4) is 0 Å². The minimum atomic E-state index is -4.12. The third-order valence-electron chi connectivity index (χ3n) is 1.82. The first kappa shape index (κ1) is 12.2. The maximum atomic E-state index is 13.3. The van der Waals surface area contributed by atoms with Crippen LogP contribution in [0.2, 0.25) is 0 Å². The zero-order valence-corrected chi connectivity index (χ0v) is 9.25. The van der Waals surface area contributed by atoms with Crippen molar-refractivity contribution in [3.05, 3.63) is 23.5 Å². The highest BCUT2D eigenvalue weighted by Gasteiger charge is 2.19. The maximum absolute atomic E-state index is 13.3. The smallest absolute Gasteiger partial charge is 0.285 e. The van der Waals surface area contributed by atoms with Gasteiger partial charge in [-0.3, -0.25) is 0 Å². The normalized spacial score (nSPS) is 11.1. The molecule has 0 saturated heterocycles. The topological polar surface area (TPSA) is 125 Å². The fraction of sp³-hybridized carbons (Fsp3) is 0.125. The molecule has 0 bridgehead atoms. The molecule has 0 amide bonds. The van der Waals surface area contributed by atoms with Crippen molar-refractivity contribution in [3.63, 3.8) is 0 Å². The number of hydrogen-bond donors (Lipinski definition) is 3. The highest BCUT2D eigenvalue weighted by Crippen LogP contribution is 2.23. The average Bonchev–Trinajstić information content (AvgIpc) is 2.08. The molecule has 0 saturated carbocycles. The van der Waals surface area contributed by atoms with E-state index in [0.717, 1.165) is 12.1 Å². The van der Waals surface area contributed by atoms with Gasteiger partial charge in [-0.15, -0.1) is 4.40 Å². The van der Waals surface area contributed by atoms with E-state index in [0.29, 0.717) is 0 Å². The summed E-state index contributed by atoms with van der Waals surface area (Å²) in [6.07, 6.45) is 0. The van der Waals surface area contributed by atoms with E-state index in [2.05, 4.69) is 4.40 Å². The van der Waals surface area contributed by atoms with E-state index in [4.69, 9.17) is 17.2 Å². The Labute approximate surface area is 92.0 Å². The lowest BCUT2D eigenvalue weighted by Gasteiger charge is -2.06. The van der Waals surface area contributed by atoms with Crippen molar-refractivity contribution in [2.75, 3.05) is 5.73 Å². The number of nitrogen functional groups attached to an aromatic ring is 1. The molecule has 16 heavy (non-hydrogen) atoms. The number of nitrogens with two attached hydrogens (primary N) is 3. The minimum Gasteiger partial charge on any atom is -0.399 e. The Morgan fingerprint density at radius 2 is 1.94 bits per heavy atom. The maximum Gasteiger partial charge on any atom is 0.285 e. The van der Waals surface area contributed by atoms with Crippen LogP contribution < -0.4 is 17.2 Å². The van der Waals surface area contributed by atoms with Crippen LogP contribution in [0.1, 0.15) is 5.56 Å². The van der Waals surface area contributed by atoms with Crippen molar-refractivity contribution in [1.29, 1.82) is 0 Å². The summed E-state index contributed by atoms with van der Waals surface area (Å²) in [7, 11) is -4.12. The second-order valence-corrected chi connectivity index (χ2v) is 4.69. The van der Waals surface area contributed by atoms with Crippen molar-refractivity contribution < 1.29 is 12.8 Å². The van der Waals surface area contributed by atoms with Crippen LogP contribution in [0.3, 0.4) is 0 Å². The number of guanidine groups is 1. The number of rotatable bonds is 2. The Morgan fingerprint density at radius 1 is 1.38 bits per heavy atom. The van der Waals surface area contributed by atoms with E-state index in [1.807, 2.05) is 0 Å². The van der Waals surface area contributed by atoms with Crippen LogP contribution in [0.4, 0.5) is 10.1 Å². The van der Waals surface area contributed by atoms with Crippen LogP contribution >= 0.6 is 0 Å². The molecule has 8 heteroatoms. The zero-order chi connectivity index (χ0) is 12.5. The quantitative estimate of drug-likeness (QED) is 0.374. The molecule has 1 rings (SSSR count). The fourth-order valence-electron chi connectivity index (χ4n) is 1.13. The Hall–Kier alpha value is -1.83. The predicted octanol–water partition coefficient (Wildman–Crippen LogP) is -0.322. The second-order valence-electron chi connectivity index (χ2n) is 3.12. The molecule has 1 aromatic carbocycles. The van der Waals surface area contributed by atoms with Crippen LogP contribution in [-0.2, 0) is 10.0 Å². The number of nitrogens with zero attached hydrogens (tertiary/aromatic N) is 1. The van der Waals surface area contributed by atoms with Gasteiger partial charge in [-0.2, -0.15) is 8.42 Å². The minimum absolute atomic E-state index is 0.0209. The van der Waals surface area contributed by atoms with Crippen LogP contribution in [0.5, 0.6) is 0 Å². The molecule has 1 aromatic rings. The summed E-state index contributed by atoms with van der Waals surface area (Å²) in [6, 6.07) is 2.12. The molecule has 0 radical (unpaired) electrons. The van der Waals surface area contributed by atoms with Gasteiger partial charge in [-0.05, 0) is 19.1 Å². The van der Waals surface area contributed by atoms with E-state index in [9.17, 15) is 12.8 Å². The van der Waals surface area contributed by atoms with E-state index >= 15 is 0 Å². The second kappa shape index (κ2) is 3.97. The molecule has 0 aliphatic rings. The number of hydrogen-bond acceptors (Lipinski definition) is 3. The summed E-state index contributed by atoms with van der Waals surface area (Å²) in [5.41, 5.74) is 15.2. The summed E-state index contributed by atoms with van der Waals surface area (Å²) in [5, 5.41) is 0. The third kappa shape index (κ3) is 2.40. The molecule has 0 fully saturated rings. The summed E-state index contributed by atoms with van der Waals surface area (Å²) >= 11 is 0. The lowest BCUT2D eigenvalue weighted by atomic mass is 10.2. The van der Waals surface area contributed by atoms with E-state index in [-0.39, 0.29) is 16.1 Å². The standard InChI is InChI=1S/C8H11FN4O2S/c1-4-6(9)2-5(10)3-7(4)16(14,15)13-8(11)12/h2-3H,10H2,1H3,(H4,11,12,13). The molecule has 0 spiro atoms. The third-order valence-corrected chi connectivity index (χ3v) is 3.25. The number of sulfonamides is 1. The molecule has 6 nitrogen and oxygen atoms in total. The van der Waals surface area contributed by atoms with Crippen LogP contribution in [0.15, 0.2) is 21.4 Å². The van der Waals surface area contributed by atoms with E-state index < -0.39 is 21.8 Å². The zero-order valence-electron chi connectivity index (χ0n) is 8.44. The summed E-state index contributed by atoms with van der Waals surface area (Å²) in [5.74, 6) is -1.35. The molecule has 0 aliphatic heterocycles. The molecule has 0 heterocycles. The Morgan fingerprint density at radius 3 is 2.44 bits per heavy atom. The molecule has 88 valence electrons. The molecule has 0 unspecified atom stereocenters. The molecule has 6 N–H and O–H groups in total. The van der Waals surface area contributed by atoms with Crippen molar-refractivity contribution >= 4 is 21.7 Å². The van der Waals surface area contributed by atoms with Gasteiger partial charge in [0.05, 0.1) is 4.90 Å². The SMILES string of the molecule is Cc1c(F)cc(N)cc1S(=O)(=O)N=C(N)N. The van der Waals surface area contributed by atoms with Gasteiger partial charge in [0, 0.05) is 11.3 Å². The summed E-state index contributed by atoms with van der Waals surface area (Å²) in [6.45, 7) is 1.30.